The molecule has 0 saturated heterocycles. The lowest BCUT2D eigenvalue weighted by Gasteiger charge is -2.20. The van der Waals surface area contributed by atoms with Crippen molar-refractivity contribution in [2.75, 3.05) is 6.54 Å². The molecule has 0 radical (unpaired) electrons. The zero-order valence-electron chi connectivity index (χ0n) is 21.1. The van der Waals surface area contributed by atoms with E-state index in [-0.39, 0.29) is 5.92 Å². The smallest absolute Gasteiger partial charge is 0.223 e. The lowest BCUT2D eigenvalue weighted by atomic mass is 9.89. The second-order valence-corrected chi connectivity index (χ2v) is 10.1. The van der Waals surface area contributed by atoms with E-state index in [1.165, 1.54) is 82.0 Å². The van der Waals surface area contributed by atoms with Crippen LogP contribution in [0, 0.1) is 5.92 Å². The molecule has 1 fully saturated rings. The summed E-state index contributed by atoms with van der Waals surface area (Å²) >= 11 is 0. The van der Waals surface area contributed by atoms with E-state index in [2.05, 4.69) is 41.1 Å². The second kappa shape index (κ2) is 15.1. The maximum atomic E-state index is 12.3. The van der Waals surface area contributed by atoms with Crippen LogP contribution in [0.3, 0.4) is 0 Å². The van der Waals surface area contributed by atoms with Crippen molar-refractivity contribution in [3.05, 3.63) is 30.1 Å². The average molecular weight is 454 g/mol. The van der Waals surface area contributed by atoms with Crippen molar-refractivity contribution in [1.82, 2.24) is 14.9 Å². The van der Waals surface area contributed by atoms with Gasteiger partial charge in [0.25, 0.3) is 0 Å². The minimum Gasteiger partial charge on any atom is -0.356 e. The largest absolute Gasteiger partial charge is 0.356 e. The number of carbonyl (C=O) groups is 1. The molecule has 1 N–H and O–H groups in total. The number of hydrogen-bond acceptors (Lipinski definition) is 2. The van der Waals surface area contributed by atoms with Crippen LogP contribution >= 0.6 is 0 Å². The van der Waals surface area contributed by atoms with Crippen LogP contribution in [0.25, 0.3) is 11.0 Å². The van der Waals surface area contributed by atoms with Crippen molar-refractivity contribution >= 4 is 16.9 Å². The number of aromatic nitrogens is 2. The summed E-state index contributed by atoms with van der Waals surface area (Å²) in [5.74, 6) is 1.81. The Morgan fingerprint density at radius 2 is 1.61 bits per heavy atom. The summed E-state index contributed by atoms with van der Waals surface area (Å²) in [7, 11) is 0. The van der Waals surface area contributed by atoms with Gasteiger partial charge >= 0.3 is 0 Å². The van der Waals surface area contributed by atoms with Crippen molar-refractivity contribution < 1.29 is 4.79 Å². The Kier molecular flexibility index (Phi) is 11.8. The highest BCUT2D eigenvalue weighted by Gasteiger charge is 2.20. The molecule has 1 saturated carbocycles. The Balaban J connectivity index is 1.37. The first-order chi connectivity index (χ1) is 16.3. The first-order valence-electron chi connectivity index (χ1n) is 14.0. The average Bonchev–Trinajstić information content (AvgIpc) is 3.20. The number of para-hydroxylation sites is 2. The summed E-state index contributed by atoms with van der Waals surface area (Å²) in [6.07, 6.45) is 21.1. The van der Waals surface area contributed by atoms with Crippen molar-refractivity contribution in [2.24, 2.45) is 5.92 Å². The molecule has 1 aromatic carbocycles. The molecule has 4 heteroatoms. The van der Waals surface area contributed by atoms with Gasteiger partial charge in [0.15, 0.2) is 0 Å². The van der Waals surface area contributed by atoms with Crippen LogP contribution in [0.2, 0.25) is 0 Å². The number of amides is 1. The Bertz CT molecular complexity index is 806. The van der Waals surface area contributed by atoms with Crippen LogP contribution in [-0.4, -0.2) is 22.0 Å². The maximum absolute atomic E-state index is 12.3. The first kappa shape index (κ1) is 25.8. The van der Waals surface area contributed by atoms with Gasteiger partial charge < -0.3 is 9.88 Å². The lowest BCUT2D eigenvalue weighted by Crippen LogP contribution is -2.32. The molecule has 0 bridgehead atoms. The molecule has 33 heavy (non-hydrogen) atoms. The highest BCUT2D eigenvalue weighted by molar-refractivity contribution is 5.78. The van der Waals surface area contributed by atoms with Crippen molar-refractivity contribution in [3.63, 3.8) is 0 Å². The van der Waals surface area contributed by atoms with E-state index in [0.717, 1.165) is 57.1 Å². The fourth-order valence-corrected chi connectivity index (χ4v) is 5.28. The van der Waals surface area contributed by atoms with Gasteiger partial charge in [0.1, 0.15) is 5.82 Å². The van der Waals surface area contributed by atoms with E-state index in [9.17, 15) is 4.79 Å². The third-order valence-corrected chi connectivity index (χ3v) is 7.32. The van der Waals surface area contributed by atoms with Crippen LogP contribution in [0.4, 0.5) is 0 Å². The molecule has 0 aliphatic heterocycles. The molecule has 1 heterocycles. The fraction of sp³-hybridized carbons (Fsp3) is 0.724. The Morgan fingerprint density at radius 1 is 0.909 bits per heavy atom. The third kappa shape index (κ3) is 8.79. The SMILES string of the molecule is CCCCCCCCCCn1c(CCCCCNC(=O)C2CCCCC2)nc2ccccc21. The third-order valence-electron chi connectivity index (χ3n) is 7.32. The van der Waals surface area contributed by atoms with E-state index in [0.29, 0.717) is 5.91 Å². The van der Waals surface area contributed by atoms with Crippen LogP contribution in [0.15, 0.2) is 24.3 Å². The molecule has 1 amide bonds. The van der Waals surface area contributed by atoms with Gasteiger partial charge in [-0.2, -0.15) is 0 Å². The van der Waals surface area contributed by atoms with Crippen molar-refractivity contribution in [1.29, 1.82) is 0 Å². The summed E-state index contributed by atoms with van der Waals surface area (Å²) in [5.41, 5.74) is 2.42. The number of benzene rings is 1. The highest BCUT2D eigenvalue weighted by Crippen LogP contribution is 2.23. The summed E-state index contributed by atoms with van der Waals surface area (Å²) in [5, 5.41) is 3.18. The number of nitrogens with one attached hydrogen (secondary N) is 1. The summed E-state index contributed by atoms with van der Waals surface area (Å²) in [4.78, 5) is 17.2. The van der Waals surface area contributed by atoms with Gasteiger partial charge in [-0.3, -0.25) is 4.79 Å². The predicted octanol–water partition coefficient (Wildman–Crippen LogP) is 7.59. The number of aryl methyl sites for hydroxylation is 2. The Labute approximate surface area is 201 Å². The fourth-order valence-electron chi connectivity index (χ4n) is 5.28. The standard InChI is InChI=1S/C29H47N3O/c1-2-3-4-5-6-7-8-17-24-32-27-21-15-14-20-26(27)31-28(32)22-13-10-16-23-30-29(33)25-18-11-9-12-19-25/h14-15,20-21,25H,2-13,16-19,22-24H2,1H3,(H,30,33). The monoisotopic (exact) mass is 453 g/mol. The number of carbonyl (C=O) groups excluding carboxylic acids is 1. The number of nitrogens with zero attached hydrogens (tertiary/aromatic N) is 2. The summed E-state index contributed by atoms with van der Waals surface area (Å²) in [6.45, 7) is 4.19. The second-order valence-electron chi connectivity index (χ2n) is 10.1. The molecule has 1 aromatic heterocycles. The van der Waals surface area contributed by atoms with Crippen molar-refractivity contribution in [3.8, 4) is 0 Å². The van der Waals surface area contributed by atoms with Gasteiger partial charge in [0.2, 0.25) is 5.91 Å². The van der Waals surface area contributed by atoms with E-state index in [1.807, 2.05) is 0 Å². The van der Waals surface area contributed by atoms with Gasteiger partial charge in [-0.05, 0) is 44.2 Å². The molecular weight excluding hydrogens is 406 g/mol. The van der Waals surface area contributed by atoms with Crippen molar-refractivity contribution in [2.45, 2.75) is 123 Å². The zero-order chi connectivity index (χ0) is 23.1. The molecule has 3 rings (SSSR count). The van der Waals surface area contributed by atoms with E-state index >= 15 is 0 Å². The quantitative estimate of drug-likeness (QED) is 0.266. The summed E-state index contributed by atoms with van der Waals surface area (Å²) in [6, 6.07) is 8.59. The Morgan fingerprint density at radius 3 is 2.39 bits per heavy atom. The first-order valence-corrected chi connectivity index (χ1v) is 14.0. The number of fused-ring (bicyclic) bond motifs is 1. The van der Waals surface area contributed by atoms with Crippen LogP contribution in [-0.2, 0) is 17.8 Å². The minimum absolute atomic E-state index is 0.273. The van der Waals surface area contributed by atoms with Gasteiger partial charge in [-0.1, -0.05) is 89.7 Å². The van der Waals surface area contributed by atoms with Crippen LogP contribution in [0.1, 0.15) is 115 Å². The lowest BCUT2D eigenvalue weighted by molar-refractivity contribution is -0.125. The molecule has 0 spiro atoms. The molecule has 4 nitrogen and oxygen atoms in total. The molecule has 1 aliphatic rings. The summed E-state index contributed by atoms with van der Waals surface area (Å²) < 4.78 is 2.47. The zero-order valence-corrected chi connectivity index (χ0v) is 21.1. The van der Waals surface area contributed by atoms with Gasteiger partial charge in [-0.15, -0.1) is 0 Å². The normalized spacial score (nSPS) is 14.7. The molecule has 0 unspecified atom stereocenters. The Hall–Kier alpha value is -1.84. The van der Waals surface area contributed by atoms with Gasteiger partial charge in [0, 0.05) is 25.4 Å². The van der Waals surface area contributed by atoms with E-state index in [1.54, 1.807) is 0 Å². The number of rotatable bonds is 16. The predicted molar refractivity (Wildman–Crippen MR) is 139 cm³/mol. The van der Waals surface area contributed by atoms with Crippen LogP contribution < -0.4 is 5.32 Å². The maximum Gasteiger partial charge on any atom is 0.223 e. The molecule has 184 valence electrons. The van der Waals surface area contributed by atoms with Crippen LogP contribution in [0.5, 0.6) is 0 Å². The highest BCUT2D eigenvalue weighted by atomic mass is 16.1. The molecule has 2 aromatic rings. The molecular formula is C29H47N3O. The van der Waals surface area contributed by atoms with Gasteiger partial charge in [-0.25, -0.2) is 4.98 Å². The number of hydrogen-bond donors (Lipinski definition) is 1. The topological polar surface area (TPSA) is 46.9 Å². The van der Waals surface area contributed by atoms with E-state index in [4.69, 9.17) is 4.98 Å². The molecule has 1 aliphatic carbocycles. The molecule has 0 atom stereocenters. The minimum atomic E-state index is 0.273. The van der Waals surface area contributed by atoms with Gasteiger partial charge in [0.05, 0.1) is 11.0 Å². The van der Waals surface area contributed by atoms with E-state index < -0.39 is 0 Å². The number of unbranched alkanes of at least 4 members (excludes halogenated alkanes) is 9. The number of imidazole rings is 1.